The van der Waals surface area contributed by atoms with E-state index in [1.165, 1.54) is 24.3 Å². The predicted octanol–water partition coefficient (Wildman–Crippen LogP) is 8.36. The van der Waals surface area contributed by atoms with Crippen molar-refractivity contribution in [3.05, 3.63) is 48.0 Å². The number of nitrogens with zero attached hydrogens (tertiary/aromatic N) is 1. The summed E-state index contributed by atoms with van der Waals surface area (Å²) < 4.78 is 240. The van der Waals surface area contributed by atoms with Gasteiger partial charge in [0.1, 0.15) is 0 Å². The van der Waals surface area contributed by atoms with E-state index < -0.39 is 62.7 Å². The second-order valence-electron chi connectivity index (χ2n) is 8.09. The topological polar surface area (TPSA) is 55.7 Å². The highest BCUT2D eigenvalue weighted by molar-refractivity contribution is 7.87. The summed E-state index contributed by atoms with van der Waals surface area (Å²) >= 11 is 0.899. The van der Waals surface area contributed by atoms with Gasteiger partial charge in [-0.15, -0.1) is 11.3 Å². The van der Waals surface area contributed by atoms with Crippen molar-refractivity contribution in [2.45, 2.75) is 41.3 Å². The Bertz CT molecular complexity index is 1640. The lowest BCUT2D eigenvalue weighted by atomic mass is 9.97. The number of hydrogen-bond donors (Lipinski definition) is 0. The number of fused-ring (bicyclic) bond motifs is 3. The van der Waals surface area contributed by atoms with Gasteiger partial charge in [0.2, 0.25) is 0 Å². The number of alkyl halides is 16. The Balaban J connectivity index is 2.26. The van der Waals surface area contributed by atoms with E-state index in [0.717, 1.165) is 17.4 Å². The van der Waals surface area contributed by atoms with Gasteiger partial charge in [0, 0.05) is 25.7 Å². The van der Waals surface area contributed by atoms with Gasteiger partial charge in [0.15, 0.2) is 5.71 Å². The van der Waals surface area contributed by atoms with Crippen molar-refractivity contribution >= 4 is 47.3 Å². The first-order chi connectivity index (χ1) is 18.6. The molecule has 0 radical (unpaired) electrons. The Hall–Kier alpha value is -3.04. The Morgan fingerprint density at radius 3 is 1.67 bits per heavy atom. The number of rotatable bonds is 8. The smallest absolute Gasteiger partial charge is 0.263 e. The molecule has 2 aromatic carbocycles. The molecule has 0 spiro atoms. The van der Waals surface area contributed by atoms with Crippen molar-refractivity contribution < 1.29 is 82.9 Å². The summed E-state index contributed by atoms with van der Waals surface area (Å²) in [6, 6.07) is 6.92. The van der Waals surface area contributed by atoms with Gasteiger partial charge in [0.05, 0.1) is 0 Å². The highest BCUT2D eigenvalue weighted by atomic mass is 32.2. The molecule has 0 amide bonds. The van der Waals surface area contributed by atoms with Crippen LogP contribution in [0.15, 0.2) is 47.6 Å². The molecule has 3 aromatic rings. The Morgan fingerprint density at radius 1 is 0.643 bits per heavy atom. The number of halogens is 16. The van der Waals surface area contributed by atoms with Crippen LogP contribution in [-0.2, 0) is 14.4 Å². The van der Waals surface area contributed by atoms with Crippen molar-refractivity contribution in [2.75, 3.05) is 0 Å². The summed E-state index contributed by atoms with van der Waals surface area (Å²) in [5.74, 6) is -29.8. The molecule has 0 aliphatic carbocycles. The van der Waals surface area contributed by atoms with Crippen molar-refractivity contribution in [1.29, 1.82) is 0 Å². The molecule has 1 heterocycles. The van der Waals surface area contributed by atoms with Gasteiger partial charge >= 0.3 is 51.4 Å². The summed E-state index contributed by atoms with van der Waals surface area (Å²) in [5.41, 5.74) is -4.78. The van der Waals surface area contributed by atoms with Crippen LogP contribution >= 0.6 is 11.3 Å². The monoisotopic (exact) mass is 677 g/mol. The fourth-order valence-electron chi connectivity index (χ4n) is 3.14. The molecule has 0 N–H and O–H groups in total. The van der Waals surface area contributed by atoms with Gasteiger partial charge in [-0.3, -0.25) is 4.28 Å². The first kappa shape index (κ1) is 33.5. The average Bonchev–Trinajstić information content (AvgIpc) is 3.20. The highest BCUT2D eigenvalue weighted by Gasteiger charge is 2.86. The van der Waals surface area contributed by atoms with E-state index in [-0.39, 0.29) is 21.5 Å². The zero-order valence-electron chi connectivity index (χ0n) is 19.1. The van der Waals surface area contributed by atoms with Crippen molar-refractivity contribution in [2.24, 2.45) is 5.16 Å². The number of hydrogen-bond acceptors (Lipinski definition) is 5. The quantitative estimate of drug-likeness (QED) is 0.137. The van der Waals surface area contributed by atoms with E-state index in [1.807, 2.05) is 0 Å². The molecule has 3 rings (SSSR count). The van der Waals surface area contributed by atoms with E-state index in [4.69, 9.17) is 0 Å². The zero-order chi connectivity index (χ0) is 32.5. The van der Waals surface area contributed by atoms with Crippen molar-refractivity contribution in [3.8, 4) is 0 Å². The predicted molar refractivity (Wildman–Crippen MR) is 113 cm³/mol. The zero-order valence-corrected chi connectivity index (χ0v) is 20.7. The molecular formula is C20H7F16NO3S2. The largest absolute Gasteiger partial charge is 0.460 e. The van der Waals surface area contributed by atoms with Crippen LogP contribution in [0.4, 0.5) is 70.2 Å². The van der Waals surface area contributed by atoms with Gasteiger partial charge in [0.25, 0.3) is 0 Å². The van der Waals surface area contributed by atoms with Crippen LogP contribution in [0, 0.1) is 0 Å². The molecule has 0 atom stereocenters. The molecule has 0 aliphatic rings. The van der Waals surface area contributed by atoms with Gasteiger partial charge in [-0.1, -0.05) is 29.4 Å². The van der Waals surface area contributed by atoms with Crippen LogP contribution in [-0.4, -0.2) is 55.4 Å². The van der Waals surface area contributed by atoms with Crippen LogP contribution in [0.1, 0.15) is 5.56 Å². The van der Waals surface area contributed by atoms with E-state index >= 15 is 0 Å². The van der Waals surface area contributed by atoms with E-state index in [1.54, 1.807) is 5.16 Å². The van der Waals surface area contributed by atoms with E-state index in [0.29, 0.717) is 10.8 Å². The molecule has 0 unspecified atom stereocenters. The average molecular weight is 677 g/mol. The van der Waals surface area contributed by atoms with Crippen molar-refractivity contribution in [1.82, 2.24) is 0 Å². The lowest BCUT2D eigenvalue weighted by Crippen LogP contribution is -2.63. The third-order valence-corrected chi connectivity index (χ3v) is 7.66. The Morgan fingerprint density at radius 2 is 1.14 bits per heavy atom. The lowest BCUT2D eigenvalue weighted by Gasteiger charge is -2.32. The summed E-state index contributed by atoms with van der Waals surface area (Å²) in [4.78, 5) is 0. The fourth-order valence-corrected chi connectivity index (χ4v) is 4.94. The van der Waals surface area contributed by atoms with Crippen LogP contribution in [0.3, 0.4) is 0 Å². The first-order valence-electron chi connectivity index (χ1n) is 10.1. The Kier molecular flexibility index (Phi) is 7.76. The molecule has 0 bridgehead atoms. The maximum atomic E-state index is 14.7. The maximum Gasteiger partial charge on any atom is 0.460 e. The number of benzene rings is 2. The molecule has 0 aliphatic heterocycles. The molecule has 0 saturated heterocycles. The van der Waals surface area contributed by atoms with Crippen LogP contribution in [0.5, 0.6) is 0 Å². The van der Waals surface area contributed by atoms with Crippen LogP contribution < -0.4 is 0 Å². The van der Waals surface area contributed by atoms with Gasteiger partial charge < -0.3 is 0 Å². The first-order valence-corrected chi connectivity index (χ1v) is 12.3. The van der Waals surface area contributed by atoms with Crippen molar-refractivity contribution in [3.63, 3.8) is 0 Å². The third-order valence-electron chi connectivity index (χ3n) is 5.35. The molecule has 1 aromatic heterocycles. The standard InChI is InChI=1S/C20H7F16NO3S2/c21-14(22,15(23,24)18(29,30)31)13(8-5-6-12-10(7-8)9-3-1-2-4-11(9)41-12)37-40-42(38,39)20(35,36)17(27,28)16(25,26)19(32,33)34/h1-7H. The summed E-state index contributed by atoms with van der Waals surface area (Å²) in [6.07, 6.45) is -14.7. The summed E-state index contributed by atoms with van der Waals surface area (Å²) in [6.45, 7) is 0. The molecular weight excluding hydrogens is 670 g/mol. The van der Waals surface area contributed by atoms with Crippen LogP contribution in [0.2, 0.25) is 0 Å². The number of thiophene rings is 1. The minimum absolute atomic E-state index is 0.124. The van der Waals surface area contributed by atoms with Gasteiger partial charge in [-0.25, -0.2) is 0 Å². The second kappa shape index (κ2) is 9.74. The molecule has 234 valence electrons. The molecule has 0 saturated carbocycles. The van der Waals surface area contributed by atoms with Gasteiger partial charge in [-0.05, 0) is 18.2 Å². The summed E-state index contributed by atoms with van der Waals surface area (Å²) in [7, 11) is -8.08. The molecule has 4 nitrogen and oxygen atoms in total. The SMILES string of the molecule is O=S(=O)(ON=C(c1ccc2sc3ccccc3c2c1)C(F)(F)C(F)(F)C(F)(F)F)C(F)(F)C(F)(F)C(F)(F)C(F)(F)F. The normalized spacial score (nSPS) is 15.5. The number of oxime groups is 1. The second-order valence-corrected chi connectivity index (χ2v) is 10.7. The Labute approximate surface area is 225 Å². The summed E-state index contributed by atoms with van der Waals surface area (Å²) in [5, 5.41) is -6.20. The highest BCUT2D eigenvalue weighted by Crippen LogP contribution is 2.55. The maximum absolute atomic E-state index is 14.7. The minimum atomic E-state index is -8.08. The molecule has 42 heavy (non-hydrogen) atoms. The van der Waals surface area contributed by atoms with E-state index in [2.05, 4.69) is 4.28 Å². The third kappa shape index (κ3) is 4.88. The molecule has 0 fully saturated rings. The minimum Gasteiger partial charge on any atom is -0.263 e. The lowest BCUT2D eigenvalue weighted by molar-refractivity contribution is -0.382. The van der Waals surface area contributed by atoms with Gasteiger partial charge in [-0.2, -0.15) is 78.7 Å². The molecule has 22 heteroatoms. The van der Waals surface area contributed by atoms with E-state index in [9.17, 15) is 78.7 Å². The fraction of sp³-hybridized carbons (Fsp3) is 0.350. The van der Waals surface area contributed by atoms with Crippen LogP contribution in [0.25, 0.3) is 20.2 Å².